The van der Waals surface area contributed by atoms with Gasteiger partial charge in [-0.05, 0) is 61.7 Å². The molecule has 1 aromatic heterocycles. The van der Waals surface area contributed by atoms with Crippen molar-refractivity contribution in [2.75, 3.05) is 41.7 Å². The quantitative estimate of drug-likeness (QED) is 0.136. The number of hydrogen-bond acceptors (Lipinski definition) is 9. The number of thiophene rings is 1. The molecule has 42 heavy (non-hydrogen) atoms. The lowest BCUT2D eigenvalue weighted by Gasteiger charge is -2.19. The highest BCUT2D eigenvalue weighted by Gasteiger charge is 2.33. The lowest BCUT2D eigenvalue weighted by Crippen LogP contribution is -2.25. The molecule has 0 bridgehead atoms. The standard InChI is InChI=1S/C33H34O8S/c1-33(2)40-19-23(41-33)18-39-32-28(37-5)14-22(15-29(32)38-6)25(34)12-11-20-13-24(27(36-4)17-26(20)35-3)31-16-21-9-7-8-10-30(21)42-31/h7-17,23H,18-19H2,1-6H3/b12-11+. The summed E-state index contributed by atoms with van der Waals surface area (Å²) in [4.78, 5) is 14.4. The van der Waals surface area contributed by atoms with Gasteiger partial charge < -0.3 is 33.2 Å². The number of methoxy groups -OCH3 is 4. The van der Waals surface area contributed by atoms with Crippen LogP contribution in [0.2, 0.25) is 0 Å². The molecule has 4 aromatic rings. The van der Waals surface area contributed by atoms with E-state index >= 15 is 0 Å². The molecule has 0 spiro atoms. The molecule has 2 heterocycles. The van der Waals surface area contributed by atoms with Crippen molar-refractivity contribution in [3.8, 4) is 39.2 Å². The van der Waals surface area contributed by atoms with Crippen LogP contribution in [0.5, 0.6) is 28.7 Å². The molecule has 1 atom stereocenters. The second-order valence-corrected chi connectivity index (χ2v) is 11.2. The monoisotopic (exact) mass is 590 g/mol. The van der Waals surface area contributed by atoms with E-state index in [1.807, 2.05) is 38.1 Å². The van der Waals surface area contributed by atoms with E-state index in [2.05, 4.69) is 18.2 Å². The molecule has 1 aliphatic heterocycles. The highest BCUT2D eigenvalue weighted by Crippen LogP contribution is 2.42. The number of carbonyl (C=O) groups excluding carboxylic acids is 1. The molecule has 3 aromatic carbocycles. The Morgan fingerprint density at radius 2 is 1.62 bits per heavy atom. The summed E-state index contributed by atoms with van der Waals surface area (Å²) in [5.74, 6) is 1.51. The van der Waals surface area contributed by atoms with Gasteiger partial charge in [-0.3, -0.25) is 4.79 Å². The topological polar surface area (TPSA) is 81.7 Å². The highest BCUT2D eigenvalue weighted by molar-refractivity contribution is 7.22. The summed E-state index contributed by atoms with van der Waals surface area (Å²) in [7, 11) is 6.25. The fourth-order valence-electron chi connectivity index (χ4n) is 4.81. The van der Waals surface area contributed by atoms with Crippen molar-refractivity contribution in [2.45, 2.75) is 25.7 Å². The number of ether oxygens (including phenoxy) is 7. The first-order chi connectivity index (χ1) is 20.2. The van der Waals surface area contributed by atoms with Gasteiger partial charge in [-0.2, -0.15) is 0 Å². The largest absolute Gasteiger partial charge is 0.496 e. The van der Waals surface area contributed by atoms with Crippen molar-refractivity contribution in [3.63, 3.8) is 0 Å². The van der Waals surface area contributed by atoms with E-state index in [0.29, 0.717) is 40.9 Å². The first-order valence-electron chi connectivity index (χ1n) is 13.4. The van der Waals surface area contributed by atoms with Crippen molar-refractivity contribution in [1.82, 2.24) is 0 Å². The smallest absolute Gasteiger partial charge is 0.203 e. The van der Waals surface area contributed by atoms with Crippen LogP contribution in [0.25, 0.3) is 26.6 Å². The average Bonchev–Trinajstić information content (AvgIpc) is 3.60. The third kappa shape index (κ3) is 6.23. The third-order valence-electron chi connectivity index (χ3n) is 6.88. The summed E-state index contributed by atoms with van der Waals surface area (Å²) >= 11 is 1.68. The summed E-state index contributed by atoms with van der Waals surface area (Å²) < 4.78 is 41.1. The lowest BCUT2D eigenvalue weighted by molar-refractivity contribution is -0.141. The third-order valence-corrected chi connectivity index (χ3v) is 8.03. The molecule has 0 amide bonds. The van der Waals surface area contributed by atoms with Gasteiger partial charge in [-0.25, -0.2) is 0 Å². The Kier molecular flexibility index (Phi) is 8.72. The zero-order valence-electron chi connectivity index (χ0n) is 24.5. The molecule has 0 N–H and O–H groups in total. The second kappa shape index (κ2) is 12.4. The second-order valence-electron chi connectivity index (χ2n) is 10.1. The summed E-state index contributed by atoms with van der Waals surface area (Å²) in [6.45, 7) is 4.37. The normalized spacial score (nSPS) is 16.1. The highest BCUT2D eigenvalue weighted by atomic mass is 32.1. The number of hydrogen-bond donors (Lipinski definition) is 0. The van der Waals surface area contributed by atoms with Gasteiger partial charge in [0.1, 0.15) is 24.2 Å². The van der Waals surface area contributed by atoms with Crippen molar-refractivity contribution in [2.24, 2.45) is 0 Å². The summed E-state index contributed by atoms with van der Waals surface area (Å²) in [6, 6.07) is 17.4. The van der Waals surface area contributed by atoms with Gasteiger partial charge in [0.15, 0.2) is 23.1 Å². The van der Waals surface area contributed by atoms with Crippen molar-refractivity contribution >= 4 is 33.3 Å². The Balaban J connectivity index is 1.42. The number of fused-ring (bicyclic) bond motifs is 1. The van der Waals surface area contributed by atoms with Crippen molar-refractivity contribution in [3.05, 3.63) is 71.8 Å². The Labute approximate surface area is 249 Å². The number of benzene rings is 3. The Bertz CT molecular complexity index is 1560. The number of ketones is 1. The van der Waals surface area contributed by atoms with E-state index in [1.165, 1.54) is 25.0 Å². The van der Waals surface area contributed by atoms with Crippen LogP contribution in [0.1, 0.15) is 29.8 Å². The predicted molar refractivity (Wildman–Crippen MR) is 164 cm³/mol. The molecule has 1 fully saturated rings. The Morgan fingerprint density at radius 3 is 2.24 bits per heavy atom. The summed E-state index contributed by atoms with van der Waals surface area (Å²) in [5, 5.41) is 1.16. The number of rotatable bonds is 11. The predicted octanol–water partition coefficient (Wildman–Crippen LogP) is 7.03. The molecular weight excluding hydrogens is 556 g/mol. The fourth-order valence-corrected chi connectivity index (χ4v) is 5.89. The van der Waals surface area contributed by atoms with Crippen LogP contribution in [0.4, 0.5) is 0 Å². The van der Waals surface area contributed by atoms with Gasteiger partial charge in [0, 0.05) is 32.3 Å². The van der Waals surface area contributed by atoms with Gasteiger partial charge in [0.05, 0.1) is 35.0 Å². The molecule has 220 valence electrons. The summed E-state index contributed by atoms with van der Waals surface area (Å²) in [5.41, 5.74) is 2.03. The molecule has 5 rings (SSSR count). The van der Waals surface area contributed by atoms with Gasteiger partial charge in [0.2, 0.25) is 5.75 Å². The minimum Gasteiger partial charge on any atom is -0.496 e. The van der Waals surface area contributed by atoms with Gasteiger partial charge in [-0.15, -0.1) is 11.3 Å². The first-order valence-corrected chi connectivity index (χ1v) is 14.2. The minimum absolute atomic E-state index is 0.239. The Hall–Kier alpha value is -4.05. The van der Waals surface area contributed by atoms with Crippen LogP contribution < -0.4 is 23.7 Å². The first kappa shape index (κ1) is 29.4. The van der Waals surface area contributed by atoms with Gasteiger partial charge in [-0.1, -0.05) is 18.2 Å². The van der Waals surface area contributed by atoms with Crippen molar-refractivity contribution in [1.29, 1.82) is 0 Å². The molecule has 1 saturated heterocycles. The van der Waals surface area contributed by atoms with Gasteiger partial charge >= 0.3 is 0 Å². The van der Waals surface area contributed by atoms with E-state index in [9.17, 15) is 4.79 Å². The Morgan fingerprint density at radius 1 is 0.929 bits per heavy atom. The summed E-state index contributed by atoms with van der Waals surface area (Å²) in [6.07, 6.45) is 3.00. The molecule has 8 nitrogen and oxygen atoms in total. The molecule has 9 heteroatoms. The van der Waals surface area contributed by atoms with E-state index in [4.69, 9.17) is 33.2 Å². The maximum Gasteiger partial charge on any atom is 0.203 e. The van der Waals surface area contributed by atoms with E-state index in [-0.39, 0.29) is 18.5 Å². The molecule has 0 saturated carbocycles. The van der Waals surface area contributed by atoms with Crippen LogP contribution in [0.3, 0.4) is 0 Å². The molecule has 0 aliphatic carbocycles. The number of carbonyl (C=O) groups is 1. The lowest BCUT2D eigenvalue weighted by atomic mass is 10.0. The van der Waals surface area contributed by atoms with Crippen molar-refractivity contribution < 1.29 is 38.0 Å². The molecule has 1 unspecified atom stereocenters. The molecule has 0 radical (unpaired) electrons. The van der Waals surface area contributed by atoms with Crippen LogP contribution >= 0.6 is 11.3 Å². The minimum atomic E-state index is -0.657. The van der Waals surface area contributed by atoms with Crippen LogP contribution in [-0.2, 0) is 9.47 Å². The molecule has 1 aliphatic rings. The van der Waals surface area contributed by atoms with E-state index in [0.717, 1.165) is 21.4 Å². The zero-order valence-corrected chi connectivity index (χ0v) is 25.3. The maximum absolute atomic E-state index is 13.4. The maximum atomic E-state index is 13.4. The zero-order chi connectivity index (χ0) is 29.9. The van der Waals surface area contributed by atoms with Crippen LogP contribution in [0.15, 0.2) is 60.7 Å². The fraction of sp³-hybridized carbons (Fsp3) is 0.303. The SMILES string of the molecule is COc1cc(OC)c(-c2cc3ccccc3s2)cc1/C=C/C(=O)c1cc(OC)c(OCC2COC(C)(C)O2)c(OC)c1. The number of allylic oxidation sites excluding steroid dienone is 1. The van der Waals surface area contributed by atoms with Crippen LogP contribution in [-0.4, -0.2) is 59.3 Å². The van der Waals surface area contributed by atoms with Crippen LogP contribution in [0, 0.1) is 0 Å². The average molecular weight is 591 g/mol. The van der Waals surface area contributed by atoms with E-state index < -0.39 is 5.79 Å². The van der Waals surface area contributed by atoms with E-state index in [1.54, 1.807) is 43.8 Å². The van der Waals surface area contributed by atoms with Gasteiger partial charge in [0.25, 0.3) is 0 Å². The molecular formula is C33H34O8S.